The van der Waals surface area contributed by atoms with E-state index < -0.39 is 0 Å². The van der Waals surface area contributed by atoms with Gasteiger partial charge in [0.25, 0.3) is 0 Å². The lowest BCUT2D eigenvalue weighted by molar-refractivity contribution is 1.40. The van der Waals surface area contributed by atoms with Crippen LogP contribution in [0.2, 0.25) is 10.0 Å². The molecule has 0 unspecified atom stereocenters. The first kappa shape index (κ1) is 13.0. The molecule has 0 aliphatic carbocycles. The molecule has 0 bridgehead atoms. The second kappa shape index (κ2) is 5.19. The third-order valence-corrected chi connectivity index (χ3v) is 3.56. The Morgan fingerprint density at radius 1 is 1.05 bits per heavy atom. The Morgan fingerprint density at radius 3 is 2.65 bits per heavy atom. The molecule has 1 aromatic heterocycles. The molecule has 0 saturated carbocycles. The van der Waals surface area contributed by atoms with Crippen molar-refractivity contribution in [3.8, 4) is 0 Å². The molecule has 0 aliphatic rings. The highest BCUT2D eigenvalue weighted by Crippen LogP contribution is 2.34. The second-order valence-corrected chi connectivity index (χ2v) is 5.20. The van der Waals surface area contributed by atoms with Gasteiger partial charge in [-0.15, -0.1) is 0 Å². The van der Waals surface area contributed by atoms with Crippen molar-refractivity contribution in [1.29, 1.82) is 0 Å². The average Bonchev–Trinajstić information content (AvgIpc) is 2.44. The van der Waals surface area contributed by atoms with Crippen molar-refractivity contribution in [2.75, 3.05) is 11.1 Å². The summed E-state index contributed by atoms with van der Waals surface area (Å²) in [5.41, 5.74) is 8.92. The van der Waals surface area contributed by atoms with Crippen LogP contribution in [0.3, 0.4) is 0 Å². The van der Waals surface area contributed by atoms with Crippen LogP contribution in [-0.2, 0) is 0 Å². The molecule has 3 aromatic rings. The maximum absolute atomic E-state index is 6.16. The highest BCUT2D eigenvalue weighted by atomic mass is 35.5. The average molecular weight is 304 g/mol. The highest BCUT2D eigenvalue weighted by Gasteiger charge is 2.09. The molecule has 3 rings (SSSR count). The van der Waals surface area contributed by atoms with Crippen LogP contribution in [-0.4, -0.2) is 4.98 Å². The summed E-state index contributed by atoms with van der Waals surface area (Å²) < 4.78 is 0. The number of nitrogens with zero attached hydrogens (tertiary/aromatic N) is 1. The van der Waals surface area contributed by atoms with Crippen LogP contribution in [0.1, 0.15) is 0 Å². The number of rotatable bonds is 2. The number of para-hydroxylation sites is 1. The number of benzene rings is 2. The minimum atomic E-state index is 0.541. The first-order chi connectivity index (χ1) is 9.65. The maximum atomic E-state index is 6.16. The van der Waals surface area contributed by atoms with E-state index in [4.69, 9.17) is 28.9 Å². The molecule has 0 radical (unpaired) electrons. The van der Waals surface area contributed by atoms with Crippen molar-refractivity contribution in [2.24, 2.45) is 0 Å². The fraction of sp³-hybridized carbons (Fsp3) is 0. The number of halogens is 2. The number of nitrogens with one attached hydrogen (secondary N) is 1. The van der Waals surface area contributed by atoms with E-state index in [9.17, 15) is 0 Å². The molecule has 5 heteroatoms. The molecular formula is C15H11Cl2N3. The Kier molecular flexibility index (Phi) is 3.38. The number of hydrogen-bond donors (Lipinski definition) is 2. The summed E-state index contributed by atoms with van der Waals surface area (Å²) in [6, 6.07) is 13.0. The lowest BCUT2D eigenvalue weighted by Crippen LogP contribution is -1.99. The molecule has 3 nitrogen and oxygen atoms in total. The Hall–Kier alpha value is -1.97. The van der Waals surface area contributed by atoms with Crippen molar-refractivity contribution in [1.82, 2.24) is 4.98 Å². The largest absolute Gasteiger partial charge is 0.396 e. The van der Waals surface area contributed by atoms with E-state index in [1.807, 2.05) is 36.4 Å². The van der Waals surface area contributed by atoms with Gasteiger partial charge in [-0.25, -0.2) is 0 Å². The first-order valence-corrected chi connectivity index (χ1v) is 6.76. The highest BCUT2D eigenvalue weighted by molar-refractivity contribution is 6.33. The van der Waals surface area contributed by atoms with E-state index in [0.717, 1.165) is 22.3 Å². The molecule has 0 fully saturated rings. The Bertz CT molecular complexity index is 782. The molecule has 0 atom stereocenters. The van der Waals surface area contributed by atoms with Crippen LogP contribution in [0.4, 0.5) is 17.1 Å². The van der Waals surface area contributed by atoms with Gasteiger partial charge >= 0.3 is 0 Å². The fourth-order valence-corrected chi connectivity index (χ4v) is 2.37. The summed E-state index contributed by atoms with van der Waals surface area (Å²) in [7, 11) is 0. The van der Waals surface area contributed by atoms with Crippen LogP contribution in [0, 0.1) is 0 Å². The first-order valence-electron chi connectivity index (χ1n) is 6.00. The summed E-state index contributed by atoms with van der Waals surface area (Å²) in [6.07, 6.45) is 1.62. The van der Waals surface area contributed by atoms with Crippen LogP contribution in [0.25, 0.3) is 10.9 Å². The third kappa shape index (κ3) is 2.38. The molecule has 3 N–H and O–H groups in total. The Balaban J connectivity index is 2.17. The zero-order valence-electron chi connectivity index (χ0n) is 10.4. The quantitative estimate of drug-likeness (QED) is 0.710. The predicted molar refractivity (Wildman–Crippen MR) is 85.9 cm³/mol. The van der Waals surface area contributed by atoms with Crippen LogP contribution >= 0.6 is 23.2 Å². The topological polar surface area (TPSA) is 50.9 Å². The van der Waals surface area contributed by atoms with Gasteiger partial charge in [0.1, 0.15) is 0 Å². The normalized spacial score (nSPS) is 10.7. The number of nitrogen functional groups attached to an aromatic ring is 1. The summed E-state index contributed by atoms with van der Waals surface area (Å²) in [5.74, 6) is 0. The summed E-state index contributed by atoms with van der Waals surface area (Å²) >= 11 is 12.2. The minimum Gasteiger partial charge on any atom is -0.396 e. The van der Waals surface area contributed by atoms with E-state index in [-0.39, 0.29) is 0 Å². The number of aromatic nitrogens is 1. The standard InChI is InChI=1S/C15H11Cl2N3/c16-9-5-6-13-10(7-9)15(12(18)8-19-13)20-14-4-2-1-3-11(14)17/h1-8H,18H2,(H,19,20). The van der Waals surface area contributed by atoms with E-state index in [1.165, 1.54) is 0 Å². The molecule has 0 saturated heterocycles. The summed E-state index contributed by atoms with van der Waals surface area (Å²) in [6.45, 7) is 0. The van der Waals surface area contributed by atoms with Crippen LogP contribution in [0.5, 0.6) is 0 Å². The number of pyridine rings is 1. The fourth-order valence-electron chi connectivity index (χ4n) is 2.02. The molecule has 100 valence electrons. The molecule has 2 aromatic carbocycles. The van der Waals surface area contributed by atoms with Gasteiger partial charge in [0, 0.05) is 10.4 Å². The number of hydrogen-bond acceptors (Lipinski definition) is 3. The zero-order valence-corrected chi connectivity index (χ0v) is 11.9. The Morgan fingerprint density at radius 2 is 1.85 bits per heavy atom. The molecule has 0 aliphatic heterocycles. The summed E-state index contributed by atoms with van der Waals surface area (Å²) in [5, 5.41) is 5.37. The Labute approximate surface area is 126 Å². The van der Waals surface area contributed by atoms with E-state index in [1.54, 1.807) is 12.3 Å². The zero-order chi connectivity index (χ0) is 14.1. The smallest absolute Gasteiger partial charge is 0.0746 e. The van der Waals surface area contributed by atoms with Gasteiger partial charge in [-0.3, -0.25) is 4.98 Å². The monoisotopic (exact) mass is 303 g/mol. The van der Waals surface area contributed by atoms with Gasteiger partial charge in [-0.05, 0) is 30.3 Å². The van der Waals surface area contributed by atoms with Crippen molar-refractivity contribution in [2.45, 2.75) is 0 Å². The maximum Gasteiger partial charge on any atom is 0.0746 e. The van der Waals surface area contributed by atoms with Gasteiger partial charge in [0.2, 0.25) is 0 Å². The van der Waals surface area contributed by atoms with E-state index in [0.29, 0.717) is 15.7 Å². The lowest BCUT2D eigenvalue weighted by atomic mass is 10.1. The third-order valence-electron chi connectivity index (χ3n) is 2.99. The van der Waals surface area contributed by atoms with Crippen molar-refractivity contribution >= 4 is 51.2 Å². The minimum absolute atomic E-state index is 0.541. The van der Waals surface area contributed by atoms with Gasteiger partial charge in [0.15, 0.2) is 0 Å². The summed E-state index contributed by atoms with van der Waals surface area (Å²) in [4.78, 5) is 4.29. The molecular weight excluding hydrogens is 293 g/mol. The molecule has 1 heterocycles. The van der Waals surface area contributed by atoms with E-state index >= 15 is 0 Å². The number of anilines is 3. The van der Waals surface area contributed by atoms with Crippen LogP contribution in [0.15, 0.2) is 48.7 Å². The van der Waals surface area contributed by atoms with E-state index in [2.05, 4.69) is 10.3 Å². The van der Waals surface area contributed by atoms with Gasteiger partial charge in [-0.1, -0.05) is 35.3 Å². The lowest BCUT2D eigenvalue weighted by Gasteiger charge is -2.13. The van der Waals surface area contributed by atoms with Crippen molar-refractivity contribution in [3.63, 3.8) is 0 Å². The molecule has 0 spiro atoms. The predicted octanol–water partition coefficient (Wildman–Crippen LogP) is 4.87. The SMILES string of the molecule is Nc1cnc2ccc(Cl)cc2c1Nc1ccccc1Cl. The van der Waals surface area contributed by atoms with Gasteiger partial charge in [0.05, 0.1) is 33.8 Å². The number of nitrogens with two attached hydrogens (primary N) is 1. The van der Waals surface area contributed by atoms with Crippen molar-refractivity contribution in [3.05, 3.63) is 58.7 Å². The molecule has 0 amide bonds. The van der Waals surface area contributed by atoms with Gasteiger partial charge < -0.3 is 11.1 Å². The van der Waals surface area contributed by atoms with Crippen molar-refractivity contribution < 1.29 is 0 Å². The van der Waals surface area contributed by atoms with Gasteiger partial charge in [-0.2, -0.15) is 0 Å². The number of fused-ring (bicyclic) bond motifs is 1. The second-order valence-electron chi connectivity index (χ2n) is 4.35. The van der Waals surface area contributed by atoms with Crippen LogP contribution < -0.4 is 11.1 Å². The molecule has 20 heavy (non-hydrogen) atoms.